The van der Waals surface area contributed by atoms with E-state index in [4.69, 9.17) is 0 Å². The molecule has 0 aromatic heterocycles. The molecule has 0 unspecified atom stereocenters. The maximum absolute atomic E-state index is 10.1. The first-order valence-electron chi connectivity index (χ1n) is 4.61. The number of hydrogen-bond acceptors (Lipinski definition) is 2. The third kappa shape index (κ3) is 16.0. The van der Waals surface area contributed by atoms with E-state index in [1.165, 1.54) is 6.92 Å². The van der Waals surface area contributed by atoms with Crippen LogP contribution in [0.5, 0.6) is 0 Å². The second-order valence-corrected chi connectivity index (χ2v) is 2.62. The van der Waals surface area contributed by atoms with Crippen LogP contribution in [0, 0.1) is 13.0 Å². The standard InChI is InChI=1S/C6H11O2.C6H5.Zn/c1-3-4-5-8-6(2)7;1-2-4-6-5-3-1;/h1,3-5H2,2H3;1-5H;/q2*-1;+2. The molecule has 0 fully saturated rings. The fraction of sp³-hybridized carbons (Fsp3) is 0.333. The van der Waals surface area contributed by atoms with Crippen molar-refractivity contribution in [1.29, 1.82) is 0 Å². The number of benzene rings is 1. The summed E-state index contributed by atoms with van der Waals surface area (Å²) >= 11 is 0. The maximum atomic E-state index is 10.1. The quantitative estimate of drug-likeness (QED) is 0.360. The van der Waals surface area contributed by atoms with E-state index in [1.54, 1.807) is 0 Å². The molecule has 0 bridgehead atoms. The van der Waals surface area contributed by atoms with E-state index in [1.807, 2.05) is 30.3 Å². The van der Waals surface area contributed by atoms with Crippen LogP contribution >= 0.6 is 0 Å². The maximum Gasteiger partial charge on any atom is 2.00 e. The van der Waals surface area contributed by atoms with Gasteiger partial charge in [0.15, 0.2) is 0 Å². The minimum absolute atomic E-state index is 0. The van der Waals surface area contributed by atoms with Crippen molar-refractivity contribution in [2.45, 2.75) is 19.8 Å². The predicted octanol–water partition coefficient (Wildman–Crippen LogP) is 2.65. The van der Waals surface area contributed by atoms with E-state index in [0.29, 0.717) is 6.61 Å². The second-order valence-electron chi connectivity index (χ2n) is 2.62. The molecule has 0 aliphatic carbocycles. The molecule has 1 aromatic carbocycles. The summed E-state index contributed by atoms with van der Waals surface area (Å²) in [6, 6.07) is 12.5. The molecule has 0 radical (unpaired) electrons. The molecule has 0 spiro atoms. The summed E-state index contributed by atoms with van der Waals surface area (Å²) < 4.78 is 4.60. The van der Waals surface area contributed by atoms with Crippen molar-refractivity contribution >= 4 is 5.97 Å². The second kappa shape index (κ2) is 13.3. The van der Waals surface area contributed by atoms with Crippen molar-refractivity contribution < 1.29 is 29.0 Å². The SMILES string of the molecule is [CH2-]CCCOC(C)=O.[Zn+2].[c-]1ccccc1. The van der Waals surface area contributed by atoms with Gasteiger partial charge in [0.2, 0.25) is 0 Å². The molecule has 0 atom stereocenters. The summed E-state index contributed by atoms with van der Waals surface area (Å²) in [6.07, 6.45) is 1.69. The zero-order chi connectivity index (χ0) is 10.6. The van der Waals surface area contributed by atoms with E-state index < -0.39 is 0 Å². The van der Waals surface area contributed by atoms with Gasteiger partial charge >= 0.3 is 25.4 Å². The van der Waals surface area contributed by atoms with Gasteiger partial charge in [-0.25, -0.2) is 0 Å². The first kappa shape index (κ1) is 16.7. The van der Waals surface area contributed by atoms with E-state index in [0.717, 1.165) is 12.8 Å². The number of ether oxygens (including phenoxy) is 1. The van der Waals surface area contributed by atoms with Crippen LogP contribution in [0.25, 0.3) is 0 Å². The first-order chi connectivity index (χ1) is 6.77. The molecular weight excluding hydrogens is 242 g/mol. The van der Waals surface area contributed by atoms with Gasteiger partial charge in [0.25, 0.3) is 0 Å². The van der Waals surface area contributed by atoms with Crippen LogP contribution in [-0.4, -0.2) is 12.6 Å². The van der Waals surface area contributed by atoms with Gasteiger partial charge in [-0.2, -0.15) is 42.8 Å². The zero-order valence-electron chi connectivity index (χ0n) is 9.24. The van der Waals surface area contributed by atoms with Crippen molar-refractivity contribution in [3.05, 3.63) is 43.3 Å². The largest absolute Gasteiger partial charge is 2.00 e. The van der Waals surface area contributed by atoms with Crippen molar-refractivity contribution in [2.75, 3.05) is 6.61 Å². The summed E-state index contributed by atoms with van der Waals surface area (Å²) in [5.41, 5.74) is 0. The van der Waals surface area contributed by atoms with E-state index in [2.05, 4.69) is 17.7 Å². The van der Waals surface area contributed by atoms with Crippen molar-refractivity contribution in [3.8, 4) is 0 Å². The Morgan fingerprint density at radius 1 is 1.33 bits per heavy atom. The van der Waals surface area contributed by atoms with Gasteiger partial charge in [0, 0.05) is 6.92 Å². The van der Waals surface area contributed by atoms with Crippen molar-refractivity contribution in [1.82, 2.24) is 0 Å². The van der Waals surface area contributed by atoms with Gasteiger partial charge in [0.1, 0.15) is 0 Å². The monoisotopic (exact) mass is 256 g/mol. The van der Waals surface area contributed by atoms with Crippen LogP contribution in [0.15, 0.2) is 30.3 Å². The van der Waals surface area contributed by atoms with Crippen molar-refractivity contribution in [3.63, 3.8) is 0 Å². The first-order valence-corrected chi connectivity index (χ1v) is 4.61. The Morgan fingerprint density at radius 3 is 2.20 bits per heavy atom. The van der Waals surface area contributed by atoms with E-state index in [9.17, 15) is 4.79 Å². The molecular formula is C12H16O2Zn. The molecule has 0 N–H and O–H groups in total. The molecule has 78 valence electrons. The van der Waals surface area contributed by atoms with E-state index in [-0.39, 0.29) is 25.4 Å². The van der Waals surface area contributed by atoms with Crippen LogP contribution in [0.4, 0.5) is 0 Å². The molecule has 0 aliphatic rings. The predicted molar refractivity (Wildman–Crippen MR) is 56.5 cm³/mol. The number of carbonyl (C=O) groups is 1. The average Bonchev–Trinajstić information content (AvgIpc) is 2.21. The smallest absolute Gasteiger partial charge is 0.466 e. The topological polar surface area (TPSA) is 26.3 Å². The molecule has 1 rings (SSSR count). The van der Waals surface area contributed by atoms with Crippen LogP contribution in [0.3, 0.4) is 0 Å². The summed E-state index contributed by atoms with van der Waals surface area (Å²) in [4.78, 5) is 10.1. The fourth-order valence-electron chi connectivity index (χ4n) is 0.660. The van der Waals surface area contributed by atoms with Gasteiger partial charge in [-0.1, -0.05) is 0 Å². The molecule has 3 heteroatoms. The number of unbranched alkanes of at least 4 members (excludes halogenated alkanes) is 1. The van der Waals surface area contributed by atoms with Crippen LogP contribution in [0.1, 0.15) is 19.8 Å². The average molecular weight is 258 g/mol. The summed E-state index contributed by atoms with van der Waals surface area (Å²) in [7, 11) is 0. The normalized spacial score (nSPS) is 7.87. The number of esters is 1. The molecule has 0 amide bonds. The fourth-order valence-corrected chi connectivity index (χ4v) is 0.660. The summed E-state index contributed by atoms with van der Waals surface area (Å²) in [5.74, 6) is -0.210. The molecule has 0 saturated carbocycles. The third-order valence-electron chi connectivity index (χ3n) is 1.31. The summed E-state index contributed by atoms with van der Waals surface area (Å²) in [6.45, 7) is 5.51. The Bertz CT molecular complexity index is 198. The van der Waals surface area contributed by atoms with Gasteiger partial charge < -0.3 is 11.7 Å². The Balaban J connectivity index is 0. The Labute approximate surface area is 105 Å². The number of carbonyl (C=O) groups excluding carboxylic acids is 1. The minimum Gasteiger partial charge on any atom is -0.466 e. The van der Waals surface area contributed by atoms with E-state index >= 15 is 0 Å². The molecule has 0 aliphatic heterocycles. The Hall–Kier alpha value is -0.687. The van der Waals surface area contributed by atoms with Gasteiger partial charge in [-0.15, -0.1) is 0 Å². The van der Waals surface area contributed by atoms with Crippen LogP contribution in [0.2, 0.25) is 0 Å². The van der Waals surface area contributed by atoms with Crippen molar-refractivity contribution in [2.24, 2.45) is 0 Å². The van der Waals surface area contributed by atoms with Gasteiger partial charge in [0.05, 0.1) is 6.61 Å². The number of rotatable bonds is 3. The van der Waals surface area contributed by atoms with Crippen LogP contribution < -0.4 is 0 Å². The zero-order valence-corrected chi connectivity index (χ0v) is 12.2. The third-order valence-corrected chi connectivity index (χ3v) is 1.31. The van der Waals surface area contributed by atoms with Crippen LogP contribution in [-0.2, 0) is 29.0 Å². The minimum atomic E-state index is -0.210. The molecule has 0 heterocycles. The molecule has 1 aromatic rings. The molecule has 15 heavy (non-hydrogen) atoms. The Morgan fingerprint density at radius 2 is 1.93 bits per heavy atom. The molecule has 0 saturated heterocycles. The molecule has 2 nitrogen and oxygen atoms in total. The van der Waals surface area contributed by atoms with Gasteiger partial charge in [-0.3, -0.25) is 4.79 Å². The number of hydrogen-bond donors (Lipinski definition) is 0. The van der Waals surface area contributed by atoms with Gasteiger partial charge in [-0.05, 0) is 6.42 Å². The summed E-state index contributed by atoms with van der Waals surface area (Å²) in [5, 5.41) is 0. The Kier molecular flexibility index (Phi) is 14.9.